The monoisotopic (exact) mass is 420 g/mol. The molecule has 31 heavy (non-hydrogen) atoms. The van der Waals surface area contributed by atoms with Crippen molar-refractivity contribution in [3.05, 3.63) is 54.1 Å². The van der Waals surface area contributed by atoms with Crippen LogP contribution in [0.25, 0.3) is 11.0 Å². The van der Waals surface area contributed by atoms with Crippen LogP contribution >= 0.6 is 0 Å². The van der Waals surface area contributed by atoms with E-state index < -0.39 is 5.97 Å². The third-order valence-corrected chi connectivity index (χ3v) is 5.38. The lowest BCUT2D eigenvalue weighted by Crippen LogP contribution is -2.41. The van der Waals surface area contributed by atoms with E-state index in [1.54, 1.807) is 31.4 Å². The Morgan fingerprint density at radius 2 is 1.74 bits per heavy atom. The summed E-state index contributed by atoms with van der Waals surface area (Å²) in [5.74, 6) is 0.431. The zero-order valence-electron chi connectivity index (χ0n) is 17.5. The predicted molar refractivity (Wildman–Crippen MR) is 117 cm³/mol. The number of piperidine rings is 1. The second kappa shape index (κ2) is 8.99. The first kappa shape index (κ1) is 20.6. The Kier molecular flexibility index (Phi) is 5.97. The molecule has 160 valence electrons. The van der Waals surface area contributed by atoms with Gasteiger partial charge in [0.05, 0.1) is 36.7 Å². The van der Waals surface area contributed by atoms with Gasteiger partial charge in [-0.2, -0.15) is 0 Å². The molecule has 1 amide bonds. The quantitative estimate of drug-likeness (QED) is 0.633. The van der Waals surface area contributed by atoms with Crippen molar-refractivity contribution < 1.29 is 19.1 Å². The van der Waals surface area contributed by atoms with Crippen LogP contribution in [0.2, 0.25) is 0 Å². The number of rotatable bonds is 5. The molecule has 0 spiro atoms. The van der Waals surface area contributed by atoms with Crippen LogP contribution in [0.5, 0.6) is 5.88 Å². The number of carbonyl (C=O) groups excluding carboxylic acids is 2. The molecule has 1 aromatic heterocycles. The van der Waals surface area contributed by atoms with E-state index in [-0.39, 0.29) is 11.8 Å². The summed E-state index contributed by atoms with van der Waals surface area (Å²) in [6, 6.07) is 14.3. The molecule has 2 heterocycles. The van der Waals surface area contributed by atoms with E-state index in [9.17, 15) is 9.59 Å². The average Bonchev–Trinajstić information content (AvgIpc) is 2.83. The Morgan fingerprint density at radius 1 is 1.03 bits per heavy atom. The average molecular weight is 420 g/mol. The Balaban J connectivity index is 1.49. The number of esters is 1. The molecule has 2 aromatic carbocycles. The fourth-order valence-corrected chi connectivity index (χ4v) is 3.75. The smallest absolute Gasteiger partial charge is 0.337 e. The van der Waals surface area contributed by atoms with E-state index in [0.717, 1.165) is 30.4 Å². The summed E-state index contributed by atoms with van der Waals surface area (Å²) in [6.07, 6.45) is 1.64. The number of carbonyl (C=O) groups is 2. The van der Waals surface area contributed by atoms with Gasteiger partial charge in [-0.15, -0.1) is 0 Å². The number of para-hydroxylation sites is 2. The number of ether oxygens (including phenoxy) is 2. The number of nitrogens with one attached hydrogen (secondary N) is 1. The minimum atomic E-state index is -0.411. The topological polar surface area (TPSA) is 93.7 Å². The van der Waals surface area contributed by atoms with Gasteiger partial charge in [-0.3, -0.25) is 4.79 Å². The van der Waals surface area contributed by atoms with E-state index in [1.807, 2.05) is 24.3 Å². The van der Waals surface area contributed by atoms with Gasteiger partial charge in [-0.1, -0.05) is 12.1 Å². The Bertz CT molecular complexity index is 1100. The van der Waals surface area contributed by atoms with E-state index >= 15 is 0 Å². The van der Waals surface area contributed by atoms with Gasteiger partial charge in [0.25, 0.3) is 5.88 Å². The first-order valence-corrected chi connectivity index (χ1v) is 10.1. The summed E-state index contributed by atoms with van der Waals surface area (Å²) in [6.45, 7) is 1.30. The molecule has 0 unspecified atom stereocenters. The normalized spacial score (nSPS) is 16.1. The molecule has 1 saturated heterocycles. The minimum absolute atomic E-state index is 0.0665. The molecular formula is C23H24N4O4. The summed E-state index contributed by atoms with van der Waals surface area (Å²) in [7, 11) is 2.91. The van der Waals surface area contributed by atoms with Gasteiger partial charge in [0.2, 0.25) is 5.91 Å². The van der Waals surface area contributed by atoms with Crippen LogP contribution in [-0.4, -0.2) is 49.2 Å². The SMILES string of the molecule is COC(=O)c1ccc(NC(=O)[C@@H]2CCCN(c3nc4ccccc4nc3OC)C2)cc1. The van der Waals surface area contributed by atoms with Crippen molar-refractivity contribution in [2.75, 3.05) is 37.5 Å². The summed E-state index contributed by atoms with van der Waals surface area (Å²) < 4.78 is 10.2. The van der Waals surface area contributed by atoms with Gasteiger partial charge in [0.15, 0.2) is 5.82 Å². The number of hydrogen-bond acceptors (Lipinski definition) is 7. The molecule has 8 nitrogen and oxygen atoms in total. The largest absolute Gasteiger partial charge is 0.478 e. The van der Waals surface area contributed by atoms with Crippen LogP contribution in [0.4, 0.5) is 11.5 Å². The number of amides is 1. The predicted octanol–water partition coefficient (Wildman–Crippen LogP) is 3.28. The lowest BCUT2D eigenvalue weighted by Gasteiger charge is -2.33. The third-order valence-electron chi connectivity index (χ3n) is 5.38. The second-order valence-corrected chi connectivity index (χ2v) is 7.39. The highest BCUT2D eigenvalue weighted by molar-refractivity contribution is 5.94. The minimum Gasteiger partial charge on any atom is -0.478 e. The number of aromatic nitrogens is 2. The molecule has 3 aromatic rings. The molecule has 8 heteroatoms. The zero-order valence-corrected chi connectivity index (χ0v) is 17.5. The first-order chi connectivity index (χ1) is 15.1. The molecular weight excluding hydrogens is 396 g/mol. The number of benzene rings is 2. The Hall–Kier alpha value is -3.68. The number of anilines is 2. The van der Waals surface area contributed by atoms with E-state index in [2.05, 4.69) is 15.2 Å². The van der Waals surface area contributed by atoms with Crippen LogP contribution in [0.1, 0.15) is 23.2 Å². The summed E-state index contributed by atoms with van der Waals surface area (Å²) in [5, 5.41) is 2.94. The Labute approximate surface area is 180 Å². The van der Waals surface area contributed by atoms with Crippen molar-refractivity contribution in [1.29, 1.82) is 0 Å². The molecule has 0 saturated carbocycles. The molecule has 4 rings (SSSR count). The van der Waals surface area contributed by atoms with E-state index in [4.69, 9.17) is 14.5 Å². The lowest BCUT2D eigenvalue weighted by atomic mass is 9.97. The van der Waals surface area contributed by atoms with Crippen molar-refractivity contribution >= 4 is 34.4 Å². The highest BCUT2D eigenvalue weighted by atomic mass is 16.5. The van der Waals surface area contributed by atoms with Gasteiger partial charge >= 0.3 is 5.97 Å². The Morgan fingerprint density at radius 3 is 2.42 bits per heavy atom. The number of hydrogen-bond donors (Lipinski definition) is 1. The molecule has 1 N–H and O–H groups in total. The maximum atomic E-state index is 12.9. The van der Waals surface area contributed by atoms with Crippen molar-refractivity contribution in [3.8, 4) is 5.88 Å². The van der Waals surface area contributed by atoms with Gasteiger partial charge in [-0.05, 0) is 49.2 Å². The van der Waals surface area contributed by atoms with Crippen LogP contribution in [0.3, 0.4) is 0 Å². The molecule has 0 bridgehead atoms. The number of fused-ring (bicyclic) bond motifs is 1. The van der Waals surface area contributed by atoms with Gasteiger partial charge in [0, 0.05) is 18.8 Å². The summed E-state index contributed by atoms with van der Waals surface area (Å²) >= 11 is 0. The molecule has 0 aliphatic carbocycles. The first-order valence-electron chi connectivity index (χ1n) is 10.1. The summed E-state index contributed by atoms with van der Waals surface area (Å²) in [4.78, 5) is 35.8. The molecule has 1 aliphatic rings. The lowest BCUT2D eigenvalue weighted by molar-refractivity contribution is -0.120. The second-order valence-electron chi connectivity index (χ2n) is 7.39. The third kappa shape index (κ3) is 4.42. The van der Waals surface area contributed by atoms with E-state index in [0.29, 0.717) is 29.5 Å². The van der Waals surface area contributed by atoms with Crippen molar-refractivity contribution in [3.63, 3.8) is 0 Å². The van der Waals surface area contributed by atoms with Crippen LogP contribution in [-0.2, 0) is 9.53 Å². The van der Waals surface area contributed by atoms with Gasteiger partial charge in [0.1, 0.15) is 0 Å². The highest BCUT2D eigenvalue weighted by Gasteiger charge is 2.29. The maximum absolute atomic E-state index is 12.9. The van der Waals surface area contributed by atoms with Gasteiger partial charge < -0.3 is 19.7 Å². The summed E-state index contributed by atoms with van der Waals surface area (Å²) in [5.41, 5.74) is 2.63. The van der Waals surface area contributed by atoms with Crippen LogP contribution in [0, 0.1) is 5.92 Å². The molecule has 1 aliphatic heterocycles. The molecule has 0 radical (unpaired) electrons. The highest BCUT2D eigenvalue weighted by Crippen LogP contribution is 2.30. The van der Waals surface area contributed by atoms with Gasteiger partial charge in [-0.25, -0.2) is 14.8 Å². The van der Waals surface area contributed by atoms with Crippen molar-refractivity contribution in [1.82, 2.24) is 9.97 Å². The van der Waals surface area contributed by atoms with Crippen LogP contribution < -0.4 is 15.0 Å². The van der Waals surface area contributed by atoms with Crippen molar-refractivity contribution in [2.45, 2.75) is 12.8 Å². The number of nitrogens with zero attached hydrogens (tertiary/aromatic N) is 3. The van der Waals surface area contributed by atoms with E-state index in [1.165, 1.54) is 7.11 Å². The number of methoxy groups -OCH3 is 2. The van der Waals surface area contributed by atoms with Crippen molar-refractivity contribution in [2.24, 2.45) is 5.92 Å². The molecule has 1 atom stereocenters. The maximum Gasteiger partial charge on any atom is 0.337 e. The standard InChI is InChI=1S/C23H24N4O4/c1-30-22-20(25-18-7-3-4-8-19(18)26-22)27-13-5-6-16(14-27)21(28)24-17-11-9-15(10-12-17)23(29)31-2/h3-4,7-12,16H,5-6,13-14H2,1-2H3,(H,24,28)/t16-/m1/s1. The fraction of sp³-hybridized carbons (Fsp3) is 0.304. The fourth-order valence-electron chi connectivity index (χ4n) is 3.75. The zero-order chi connectivity index (χ0) is 21.8. The molecule has 1 fully saturated rings. The van der Waals surface area contributed by atoms with Crippen LogP contribution in [0.15, 0.2) is 48.5 Å².